The van der Waals surface area contributed by atoms with Crippen LogP contribution in [0, 0.1) is 6.92 Å². The Labute approximate surface area is 199 Å². The van der Waals surface area contributed by atoms with E-state index >= 15 is 0 Å². The highest BCUT2D eigenvalue weighted by atomic mass is 32.2. The Morgan fingerprint density at radius 3 is 2.62 bits per heavy atom. The number of rotatable bonds is 8. The average Bonchev–Trinajstić information content (AvgIpc) is 3.17. The number of carbonyl (C=O) groups is 1. The lowest BCUT2D eigenvalue weighted by atomic mass is 10.0. The maximum Gasteiger partial charge on any atom is 0.260 e. The first-order valence-corrected chi connectivity index (χ1v) is 13.4. The summed E-state index contributed by atoms with van der Waals surface area (Å²) in [5.41, 5.74) is 1.58. The molecule has 1 aliphatic heterocycles. The van der Waals surface area contributed by atoms with Crippen LogP contribution in [0.15, 0.2) is 57.7 Å². The number of fused-ring (bicyclic) bond motifs is 1. The smallest absolute Gasteiger partial charge is 0.260 e. The molecule has 1 fully saturated rings. The maximum absolute atomic E-state index is 13.1. The molecule has 1 saturated heterocycles. The third-order valence-electron chi connectivity index (χ3n) is 6.19. The standard InChI is InChI=1S/C26H29NO6S/c1-3-4-13-27(20-12-14-34(30,31)17-20)24(28)16-32-21-10-11-22-23(15-21)33-18(2)25(26(22)29)19-8-6-5-7-9-19/h5-11,15,20H,3-4,12-14,16-17H2,1-2H3. The Balaban J connectivity index is 1.53. The summed E-state index contributed by atoms with van der Waals surface area (Å²) in [5, 5.41) is 0.434. The van der Waals surface area contributed by atoms with Crippen LogP contribution >= 0.6 is 0 Å². The van der Waals surface area contributed by atoms with Gasteiger partial charge in [0.05, 0.1) is 22.5 Å². The van der Waals surface area contributed by atoms with Crippen molar-refractivity contribution >= 4 is 26.7 Å². The molecule has 1 aliphatic rings. The van der Waals surface area contributed by atoms with Crippen molar-refractivity contribution < 1.29 is 22.4 Å². The maximum atomic E-state index is 13.1. The molecule has 7 nitrogen and oxygen atoms in total. The molecule has 0 N–H and O–H groups in total. The van der Waals surface area contributed by atoms with E-state index < -0.39 is 9.84 Å². The van der Waals surface area contributed by atoms with Gasteiger partial charge in [0.1, 0.15) is 17.1 Å². The van der Waals surface area contributed by atoms with E-state index in [1.165, 1.54) is 0 Å². The highest BCUT2D eigenvalue weighted by molar-refractivity contribution is 7.91. The van der Waals surface area contributed by atoms with Gasteiger partial charge in [-0.25, -0.2) is 8.42 Å². The van der Waals surface area contributed by atoms with E-state index in [-0.39, 0.29) is 35.5 Å². The molecule has 2 aromatic carbocycles. The molecule has 1 aromatic heterocycles. The number of hydrogen-bond donors (Lipinski definition) is 0. The van der Waals surface area contributed by atoms with Crippen LogP contribution in [-0.4, -0.2) is 49.9 Å². The van der Waals surface area contributed by atoms with E-state index in [9.17, 15) is 18.0 Å². The second-order valence-electron chi connectivity index (χ2n) is 8.67. The van der Waals surface area contributed by atoms with Crippen LogP contribution in [0.25, 0.3) is 22.1 Å². The first-order chi connectivity index (χ1) is 16.3. The number of amides is 1. The third kappa shape index (κ3) is 5.17. The lowest BCUT2D eigenvalue weighted by Gasteiger charge is -2.28. The Kier molecular flexibility index (Phi) is 7.07. The molecule has 1 atom stereocenters. The van der Waals surface area contributed by atoms with Crippen LogP contribution in [0.5, 0.6) is 5.75 Å². The molecule has 1 amide bonds. The van der Waals surface area contributed by atoms with Crippen LogP contribution < -0.4 is 10.2 Å². The summed E-state index contributed by atoms with van der Waals surface area (Å²) >= 11 is 0. The molecule has 3 aromatic rings. The zero-order chi connectivity index (χ0) is 24.3. The molecule has 34 heavy (non-hydrogen) atoms. The van der Waals surface area contributed by atoms with E-state index in [2.05, 4.69) is 0 Å². The minimum Gasteiger partial charge on any atom is -0.484 e. The van der Waals surface area contributed by atoms with Crippen LogP contribution in [0.3, 0.4) is 0 Å². The number of aryl methyl sites for hydroxylation is 1. The summed E-state index contributed by atoms with van der Waals surface area (Å²) in [6.45, 7) is 4.07. The zero-order valence-electron chi connectivity index (χ0n) is 19.5. The zero-order valence-corrected chi connectivity index (χ0v) is 20.3. The molecule has 0 radical (unpaired) electrons. The van der Waals surface area contributed by atoms with Crippen molar-refractivity contribution in [3.63, 3.8) is 0 Å². The number of carbonyl (C=O) groups excluding carboxylic acids is 1. The largest absolute Gasteiger partial charge is 0.484 e. The number of ether oxygens (including phenoxy) is 1. The fourth-order valence-electron chi connectivity index (χ4n) is 4.40. The summed E-state index contributed by atoms with van der Waals surface area (Å²) < 4.78 is 35.5. The lowest BCUT2D eigenvalue weighted by molar-refractivity contribution is -0.135. The minimum atomic E-state index is -3.10. The Bertz CT molecular complexity index is 1350. The normalized spacial score (nSPS) is 17.1. The molecule has 0 aliphatic carbocycles. The highest BCUT2D eigenvalue weighted by Gasteiger charge is 2.34. The summed E-state index contributed by atoms with van der Waals surface area (Å²) in [6, 6.07) is 14.0. The van der Waals surface area contributed by atoms with E-state index in [1.807, 2.05) is 37.3 Å². The van der Waals surface area contributed by atoms with Crippen molar-refractivity contribution in [2.45, 2.75) is 39.2 Å². The molecule has 0 spiro atoms. The summed E-state index contributed by atoms with van der Waals surface area (Å²) in [7, 11) is -3.10. The van der Waals surface area contributed by atoms with Gasteiger partial charge in [0.25, 0.3) is 5.91 Å². The fraction of sp³-hybridized carbons (Fsp3) is 0.385. The van der Waals surface area contributed by atoms with E-state index in [1.54, 1.807) is 30.0 Å². The van der Waals surface area contributed by atoms with Gasteiger partial charge in [0.15, 0.2) is 16.4 Å². The molecule has 0 saturated carbocycles. The molecule has 2 heterocycles. The molecular weight excluding hydrogens is 454 g/mol. The van der Waals surface area contributed by atoms with Crippen molar-refractivity contribution in [1.82, 2.24) is 4.90 Å². The topological polar surface area (TPSA) is 93.9 Å². The molecule has 1 unspecified atom stereocenters. The van der Waals surface area contributed by atoms with Crippen molar-refractivity contribution in [3.8, 4) is 16.9 Å². The molecule has 0 bridgehead atoms. The Hall–Kier alpha value is -3.13. The van der Waals surface area contributed by atoms with Gasteiger partial charge >= 0.3 is 0 Å². The predicted molar refractivity (Wildman–Crippen MR) is 132 cm³/mol. The third-order valence-corrected chi connectivity index (χ3v) is 7.94. The lowest BCUT2D eigenvalue weighted by Crippen LogP contribution is -2.44. The predicted octanol–water partition coefficient (Wildman–Crippen LogP) is 3.96. The minimum absolute atomic E-state index is 0.00656. The van der Waals surface area contributed by atoms with Crippen molar-refractivity contribution in [2.75, 3.05) is 24.7 Å². The Morgan fingerprint density at radius 1 is 1.18 bits per heavy atom. The van der Waals surface area contributed by atoms with Gasteiger partial charge in [-0.15, -0.1) is 0 Å². The van der Waals surface area contributed by atoms with Gasteiger partial charge in [0.2, 0.25) is 5.43 Å². The van der Waals surface area contributed by atoms with Crippen molar-refractivity contribution in [2.24, 2.45) is 0 Å². The number of unbranched alkanes of at least 4 members (excludes halogenated alkanes) is 1. The van der Waals surface area contributed by atoms with Gasteiger partial charge in [-0.1, -0.05) is 43.7 Å². The second kappa shape index (κ2) is 10.0. The summed E-state index contributed by atoms with van der Waals surface area (Å²) in [4.78, 5) is 27.7. The molecular formula is C26H29NO6S. The van der Waals surface area contributed by atoms with Crippen molar-refractivity contribution in [1.29, 1.82) is 0 Å². The molecule has 8 heteroatoms. The quantitative estimate of drug-likeness (QED) is 0.481. The van der Waals surface area contributed by atoms with E-state index in [4.69, 9.17) is 9.15 Å². The van der Waals surface area contributed by atoms with Crippen LogP contribution in [0.4, 0.5) is 0 Å². The monoisotopic (exact) mass is 483 g/mol. The van der Waals surface area contributed by atoms with E-state index in [0.29, 0.717) is 41.0 Å². The first kappa shape index (κ1) is 24.0. The summed E-state index contributed by atoms with van der Waals surface area (Å²) in [5.74, 6) is 0.790. The average molecular weight is 484 g/mol. The highest BCUT2D eigenvalue weighted by Crippen LogP contribution is 2.26. The Morgan fingerprint density at radius 2 is 1.94 bits per heavy atom. The van der Waals surface area contributed by atoms with Crippen molar-refractivity contribution in [3.05, 3.63) is 64.5 Å². The molecule has 4 rings (SSSR count). The van der Waals surface area contributed by atoms with Gasteiger partial charge in [-0.05, 0) is 37.5 Å². The number of sulfone groups is 1. The van der Waals surface area contributed by atoms with Gasteiger partial charge < -0.3 is 14.1 Å². The van der Waals surface area contributed by atoms with Crippen LogP contribution in [-0.2, 0) is 14.6 Å². The van der Waals surface area contributed by atoms with Crippen LogP contribution in [0.1, 0.15) is 31.9 Å². The van der Waals surface area contributed by atoms with Gasteiger partial charge in [0, 0.05) is 18.7 Å². The first-order valence-electron chi connectivity index (χ1n) is 11.5. The fourth-order valence-corrected chi connectivity index (χ4v) is 6.13. The summed E-state index contributed by atoms with van der Waals surface area (Å²) in [6.07, 6.45) is 2.16. The second-order valence-corrected chi connectivity index (χ2v) is 10.9. The number of nitrogens with zero attached hydrogens (tertiary/aromatic N) is 1. The molecule has 180 valence electrons. The van der Waals surface area contributed by atoms with Gasteiger partial charge in [-0.3, -0.25) is 9.59 Å². The number of benzene rings is 2. The number of hydrogen-bond acceptors (Lipinski definition) is 6. The van der Waals surface area contributed by atoms with Gasteiger partial charge in [-0.2, -0.15) is 0 Å². The van der Waals surface area contributed by atoms with E-state index in [0.717, 1.165) is 18.4 Å². The SMILES string of the molecule is CCCCN(C(=O)COc1ccc2c(=O)c(-c3ccccc3)c(C)oc2c1)C1CCS(=O)(=O)C1. The van der Waals surface area contributed by atoms with Crippen LogP contribution in [0.2, 0.25) is 0 Å².